The zero-order valence-electron chi connectivity index (χ0n) is 14.2. The zero-order chi connectivity index (χ0) is 16.9. The number of rotatable bonds is 4. The van der Waals surface area contributed by atoms with Crippen LogP contribution in [0.25, 0.3) is 0 Å². The van der Waals surface area contributed by atoms with Gasteiger partial charge in [-0.2, -0.15) is 0 Å². The molecule has 2 aromatic rings. The molecule has 1 atom stereocenters. The van der Waals surface area contributed by atoms with Gasteiger partial charge in [0.05, 0.1) is 0 Å². The first kappa shape index (κ1) is 16.4. The topological polar surface area (TPSA) is 52.6 Å². The van der Waals surface area contributed by atoms with Crippen molar-refractivity contribution in [3.63, 3.8) is 0 Å². The van der Waals surface area contributed by atoms with E-state index in [0.29, 0.717) is 13.1 Å². The van der Waals surface area contributed by atoms with Gasteiger partial charge in [-0.25, -0.2) is 9.97 Å². The molecule has 0 aliphatic carbocycles. The van der Waals surface area contributed by atoms with Crippen LogP contribution in [0.1, 0.15) is 11.6 Å². The van der Waals surface area contributed by atoms with Crippen LogP contribution in [0.2, 0.25) is 0 Å². The molecule has 1 saturated heterocycles. The molecule has 1 aliphatic rings. The lowest BCUT2D eigenvalue weighted by Crippen LogP contribution is -2.51. The van der Waals surface area contributed by atoms with Crippen LogP contribution >= 0.6 is 0 Å². The third-order valence-corrected chi connectivity index (χ3v) is 4.29. The maximum atomic E-state index is 13.0. The molecule has 6 nitrogen and oxygen atoms in total. The largest absolute Gasteiger partial charge is 0.337 e. The van der Waals surface area contributed by atoms with Crippen molar-refractivity contribution in [2.45, 2.75) is 6.04 Å². The molecule has 1 aliphatic heterocycles. The SMILES string of the molecule is CN(C)C(C(=O)N1CCN(c2ncccn2)CC1)c1ccccc1. The Hall–Kier alpha value is -2.47. The number of hydrogen-bond acceptors (Lipinski definition) is 5. The first-order valence-corrected chi connectivity index (χ1v) is 8.19. The van der Waals surface area contributed by atoms with Crippen molar-refractivity contribution in [1.82, 2.24) is 19.8 Å². The first-order valence-electron chi connectivity index (χ1n) is 8.19. The summed E-state index contributed by atoms with van der Waals surface area (Å²) in [5, 5.41) is 0. The number of aromatic nitrogens is 2. The van der Waals surface area contributed by atoms with Crippen LogP contribution in [0.4, 0.5) is 5.95 Å². The maximum absolute atomic E-state index is 13.0. The average Bonchev–Trinajstić information content (AvgIpc) is 2.63. The number of amides is 1. The lowest BCUT2D eigenvalue weighted by atomic mass is 10.0. The minimum Gasteiger partial charge on any atom is -0.337 e. The van der Waals surface area contributed by atoms with E-state index in [1.54, 1.807) is 12.4 Å². The van der Waals surface area contributed by atoms with Gasteiger partial charge in [-0.15, -0.1) is 0 Å². The molecule has 0 spiro atoms. The van der Waals surface area contributed by atoms with Gasteiger partial charge in [-0.1, -0.05) is 30.3 Å². The summed E-state index contributed by atoms with van der Waals surface area (Å²) in [5.74, 6) is 0.886. The van der Waals surface area contributed by atoms with Crippen molar-refractivity contribution >= 4 is 11.9 Å². The van der Waals surface area contributed by atoms with E-state index in [4.69, 9.17) is 0 Å². The lowest BCUT2D eigenvalue weighted by Gasteiger charge is -2.37. The number of hydrogen-bond donors (Lipinski definition) is 0. The summed E-state index contributed by atoms with van der Waals surface area (Å²) in [7, 11) is 3.90. The molecular weight excluding hydrogens is 302 g/mol. The van der Waals surface area contributed by atoms with E-state index in [1.807, 2.05) is 60.3 Å². The van der Waals surface area contributed by atoms with Gasteiger partial charge in [0.2, 0.25) is 11.9 Å². The Labute approximate surface area is 142 Å². The Morgan fingerprint density at radius 1 is 1.00 bits per heavy atom. The molecule has 1 aromatic heterocycles. The molecule has 1 aromatic carbocycles. The fourth-order valence-corrected chi connectivity index (χ4v) is 3.05. The smallest absolute Gasteiger partial charge is 0.244 e. The number of piperazine rings is 1. The van der Waals surface area contributed by atoms with E-state index >= 15 is 0 Å². The highest BCUT2D eigenvalue weighted by Gasteiger charge is 2.30. The highest BCUT2D eigenvalue weighted by Crippen LogP contribution is 2.22. The third kappa shape index (κ3) is 3.54. The third-order valence-electron chi connectivity index (χ3n) is 4.29. The quantitative estimate of drug-likeness (QED) is 0.851. The van der Waals surface area contributed by atoms with Crippen molar-refractivity contribution in [2.24, 2.45) is 0 Å². The summed E-state index contributed by atoms with van der Waals surface area (Å²) in [6.07, 6.45) is 3.49. The van der Waals surface area contributed by atoms with Gasteiger partial charge in [-0.3, -0.25) is 9.69 Å². The fourth-order valence-electron chi connectivity index (χ4n) is 3.05. The van der Waals surface area contributed by atoms with Crippen LogP contribution in [-0.2, 0) is 4.79 Å². The number of carbonyl (C=O) groups is 1. The Morgan fingerprint density at radius 2 is 1.62 bits per heavy atom. The number of carbonyl (C=O) groups excluding carboxylic acids is 1. The van der Waals surface area contributed by atoms with E-state index in [0.717, 1.165) is 24.6 Å². The number of likely N-dealkylation sites (N-methyl/N-ethyl adjacent to an activating group) is 1. The molecule has 0 saturated carbocycles. The van der Waals surface area contributed by atoms with Crippen molar-refractivity contribution in [3.8, 4) is 0 Å². The first-order chi connectivity index (χ1) is 11.7. The van der Waals surface area contributed by atoms with E-state index in [2.05, 4.69) is 14.9 Å². The van der Waals surface area contributed by atoms with Gasteiger partial charge in [0, 0.05) is 38.6 Å². The van der Waals surface area contributed by atoms with Gasteiger partial charge in [0.1, 0.15) is 6.04 Å². The second-order valence-electron chi connectivity index (χ2n) is 6.14. The summed E-state index contributed by atoms with van der Waals surface area (Å²) >= 11 is 0. The number of benzene rings is 1. The zero-order valence-corrected chi connectivity index (χ0v) is 14.2. The second-order valence-corrected chi connectivity index (χ2v) is 6.14. The molecule has 24 heavy (non-hydrogen) atoms. The molecule has 1 unspecified atom stereocenters. The second kappa shape index (κ2) is 7.40. The van der Waals surface area contributed by atoms with E-state index < -0.39 is 0 Å². The van der Waals surface area contributed by atoms with Crippen LogP contribution in [0, 0.1) is 0 Å². The van der Waals surface area contributed by atoms with Gasteiger partial charge in [-0.05, 0) is 25.7 Å². The van der Waals surface area contributed by atoms with Crippen LogP contribution < -0.4 is 4.90 Å². The van der Waals surface area contributed by atoms with Crippen LogP contribution in [-0.4, -0.2) is 65.9 Å². The summed E-state index contributed by atoms with van der Waals surface area (Å²) in [5.41, 5.74) is 1.03. The van der Waals surface area contributed by atoms with Crippen molar-refractivity contribution in [1.29, 1.82) is 0 Å². The number of nitrogens with zero attached hydrogens (tertiary/aromatic N) is 5. The molecule has 6 heteroatoms. The summed E-state index contributed by atoms with van der Waals surface area (Å²) in [6, 6.07) is 11.5. The van der Waals surface area contributed by atoms with Crippen LogP contribution in [0.15, 0.2) is 48.8 Å². The minimum atomic E-state index is -0.245. The Morgan fingerprint density at radius 3 is 2.21 bits per heavy atom. The molecule has 1 fully saturated rings. The molecule has 1 amide bonds. The van der Waals surface area contributed by atoms with Gasteiger partial charge in [0.25, 0.3) is 0 Å². The highest BCUT2D eigenvalue weighted by molar-refractivity contribution is 5.83. The standard InChI is InChI=1S/C18H23N5O/c1-21(2)16(15-7-4-3-5-8-15)17(24)22-11-13-23(14-12-22)18-19-9-6-10-20-18/h3-10,16H,11-14H2,1-2H3. The molecule has 0 bridgehead atoms. The molecule has 0 N–H and O–H groups in total. The van der Waals surface area contributed by atoms with E-state index in [9.17, 15) is 4.79 Å². The van der Waals surface area contributed by atoms with E-state index in [-0.39, 0.29) is 11.9 Å². The van der Waals surface area contributed by atoms with Gasteiger partial charge < -0.3 is 9.80 Å². The molecule has 126 valence electrons. The monoisotopic (exact) mass is 325 g/mol. The number of anilines is 1. The van der Waals surface area contributed by atoms with Crippen molar-refractivity contribution in [2.75, 3.05) is 45.2 Å². The minimum absolute atomic E-state index is 0.153. The van der Waals surface area contributed by atoms with Crippen molar-refractivity contribution < 1.29 is 4.79 Å². The Bertz CT molecular complexity index is 654. The predicted molar refractivity (Wildman–Crippen MR) is 93.7 cm³/mol. The molecule has 2 heterocycles. The maximum Gasteiger partial charge on any atom is 0.244 e. The Kier molecular flexibility index (Phi) is 5.05. The predicted octanol–water partition coefficient (Wildman–Crippen LogP) is 1.43. The molecular formula is C18H23N5O. The molecule has 3 rings (SSSR count). The fraction of sp³-hybridized carbons (Fsp3) is 0.389. The normalized spacial score (nSPS) is 16.3. The Balaban J connectivity index is 1.67. The van der Waals surface area contributed by atoms with Crippen molar-refractivity contribution in [3.05, 3.63) is 54.4 Å². The lowest BCUT2D eigenvalue weighted by molar-refractivity contribution is -0.136. The summed E-state index contributed by atoms with van der Waals surface area (Å²) in [4.78, 5) is 27.6. The van der Waals surface area contributed by atoms with Gasteiger partial charge >= 0.3 is 0 Å². The highest BCUT2D eigenvalue weighted by atomic mass is 16.2. The van der Waals surface area contributed by atoms with Gasteiger partial charge in [0.15, 0.2) is 0 Å². The summed E-state index contributed by atoms with van der Waals surface area (Å²) < 4.78 is 0. The molecule has 0 radical (unpaired) electrons. The van der Waals surface area contributed by atoms with Crippen LogP contribution in [0.5, 0.6) is 0 Å². The summed E-state index contributed by atoms with van der Waals surface area (Å²) in [6.45, 7) is 2.89. The van der Waals surface area contributed by atoms with E-state index in [1.165, 1.54) is 0 Å². The van der Waals surface area contributed by atoms with Crippen LogP contribution in [0.3, 0.4) is 0 Å². The average molecular weight is 325 g/mol.